The average Bonchev–Trinajstić information content (AvgIpc) is 3.16. The molecule has 12 nitrogen and oxygen atoms in total. The first-order valence-corrected chi connectivity index (χ1v) is 10.5. The second-order valence-electron chi connectivity index (χ2n) is 6.76. The molecule has 0 radical (unpaired) electrons. The summed E-state index contributed by atoms with van der Waals surface area (Å²) in [6, 6.07) is 0. The van der Waals surface area contributed by atoms with Crippen LogP contribution in [0.25, 0.3) is 11.2 Å². The van der Waals surface area contributed by atoms with Crippen molar-refractivity contribution in [1.29, 1.82) is 0 Å². The second-order valence-corrected chi connectivity index (χ2v) is 8.57. The third-order valence-electron chi connectivity index (χ3n) is 4.70. The first-order chi connectivity index (χ1) is 13.7. The molecule has 1 aliphatic rings. The number of halogens is 1. The van der Waals surface area contributed by atoms with Gasteiger partial charge in [-0.2, -0.15) is 0 Å². The summed E-state index contributed by atoms with van der Waals surface area (Å²) in [5, 5.41) is 20.7. The lowest BCUT2D eigenvalue weighted by atomic mass is 10.0. The van der Waals surface area contributed by atoms with Gasteiger partial charge in [0.05, 0.1) is 26.1 Å². The predicted octanol–water partition coefficient (Wildman–Crippen LogP) is -0.316. The number of hydrogen-bond acceptors (Lipinski definition) is 9. The highest BCUT2D eigenvalue weighted by atomic mass is 31.2. The minimum atomic E-state index is -4.11. The van der Waals surface area contributed by atoms with E-state index in [-0.39, 0.29) is 30.1 Å². The molecule has 0 aliphatic carbocycles. The van der Waals surface area contributed by atoms with Crippen LogP contribution in [0.3, 0.4) is 0 Å². The van der Waals surface area contributed by atoms with Gasteiger partial charge in [-0.05, 0) is 0 Å². The largest absolute Gasteiger partial charge is 0.405 e. The highest BCUT2D eigenvalue weighted by Gasteiger charge is 2.36. The van der Waals surface area contributed by atoms with E-state index in [9.17, 15) is 24.1 Å². The van der Waals surface area contributed by atoms with Crippen LogP contribution in [0, 0.1) is 5.92 Å². The van der Waals surface area contributed by atoms with Gasteiger partial charge >= 0.3 is 7.75 Å². The van der Waals surface area contributed by atoms with E-state index in [0.29, 0.717) is 13.2 Å². The number of morpholine rings is 1. The first-order valence-electron chi connectivity index (χ1n) is 8.96. The fraction of sp³-hybridized carbons (Fsp3) is 0.667. The Balaban J connectivity index is 1.63. The number of fused-ring (bicyclic) bond motifs is 1. The molecule has 2 aromatic heterocycles. The number of nitrogens with two attached hydrogens (primary N) is 1. The molecule has 1 fully saturated rings. The summed E-state index contributed by atoms with van der Waals surface area (Å²) in [5.74, 6) is -0.911. The van der Waals surface area contributed by atoms with Gasteiger partial charge in [-0.15, -0.1) is 0 Å². The van der Waals surface area contributed by atoms with Crippen LogP contribution in [0.1, 0.15) is 13.2 Å². The Kier molecular flexibility index (Phi) is 6.79. The fourth-order valence-corrected chi connectivity index (χ4v) is 4.19. The van der Waals surface area contributed by atoms with Crippen molar-refractivity contribution in [1.82, 2.24) is 24.2 Å². The quantitative estimate of drug-likeness (QED) is 0.402. The normalized spacial score (nSPS) is 22.1. The number of aliphatic hydroxyl groups excluding tert-OH is 2. The summed E-state index contributed by atoms with van der Waals surface area (Å²) in [5.41, 5.74) is 6.01. The summed E-state index contributed by atoms with van der Waals surface area (Å²) in [6.07, 6.45) is -3.23. The molecule has 0 amide bonds. The van der Waals surface area contributed by atoms with Gasteiger partial charge in [-0.25, -0.2) is 28.6 Å². The van der Waals surface area contributed by atoms with Crippen molar-refractivity contribution in [3.05, 3.63) is 12.7 Å². The lowest BCUT2D eigenvalue weighted by Gasteiger charge is -2.31. The van der Waals surface area contributed by atoms with Crippen molar-refractivity contribution in [3.63, 3.8) is 0 Å². The van der Waals surface area contributed by atoms with Crippen molar-refractivity contribution in [2.24, 2.45) is 5.92 Å². The molecule has 5 N–H and O–H groups in total. The summed E-state index contributed by atoms with van der Waals surface area (Å²) in [4.78, 5) is 21.7. The number of hydrogen-bond donors (Lipinski definition) is 4. The Morgan fingerprint density at radius 2 is 2.03 bits per heavy atom. The lowest BCUT2D eigenvalue weighted by molar-refractivity contribution is -0.0824. The Morgan fingerprint density at radius 3 is 2.72 bits per heavy atom. The van der Waals surface area contributed by atoms with Crippen LogP contribution in [0.5, 0.6) is 0 Å². The Morgan fingerprint density at radius 1 is 1.34 bits per heavy atom. The van der Waals surface area contributed by atoms with Gasteiger partial charge in [-0.1, -0.05) is 6.92 Å². The molecule has 3 heterocycles. The zero-order chi connectivity index (χ0) is 21.2. The molecular formula is C15H24FN6O6P. The molecule has 3 rings (SSSR count). The van der Waals surface area contributed by atoms with E-state index in [4.69, 9.17) is 15.0 Å². The van der Waals surface area contributed by atoms with Crippen molar-refractivity contribution in [2.45, 2.75) is 25.4 Å². The van der Waals surface area contributed by atoms with Gasteiger partial charge < -0.3 is 25.6 Å². The van der Waals surface area contributed by atoms with Crippen LogP contribution in [0.2, 0.25) is 0 Å². The van der Waals surface area contributed by atoms with Gasteiger partial charge in [0.15, 0.2) is 17.7 Å². The van der Waals surface area contributed by atoms with Gasteiger partial charge in [0, 0.05) is 19.0 Å². The molecule has 0 spiro atoms. The monoisotopic (exact) mass is 434 g/mol. The van der Waals surface area contributed by atoms with Gasteiger partial charge in [-0.3, -0.25) is 9.09 Å². The van der Waals surface area contributed by atoms with Crippen molar-refractivity contribution in [2.75, 3.05) is 38.6 Å². The maximum atomic E-state index is 14.7. The van der Waals surface area contributed by atoms with Crippen LogP contribution >= 0.6 is 7.75 Å². The average molecular weight is 434 g/mol. The lowest BCUT2D eigenvalue weighted by Crippen LogP contribution is -2.38. The van der Waals surface area contributed by atoms with Gasteiger partial charge in [0.1, 0.15) is 24.1 Å². The molecule has 0 saturated carbocycles. The van der Waals surface area contributed by atoms with E-state index in [1.165, 1.54) is 11.6 Å². The van der Waals surface area contributed by atoms with Gasteiger partial charge in [0.2, 0.25) is 0 Å². The van der Waals surface area contributed by atoms with Crippen LogP contribution in [-0.2, 0) is 13.8 Å². The standard InChI is InChI=1S/C15H24FN6O6P/c1-9(6-28-29(25,26)21-2-4-27-5-3-21)10(16)12(23)15(24)22-8-20-11-13(17)18-7-19-14(11)22/h7-10,12,15,23-24H,2-6H2,1H3,(H,25,26)(H2,17,18,19). The molecule has 14 heteroatoms. The van der Waals surface area contributed by atoms with Crippen LogP contribution in [0.15, 0.2) is 12.7 Å². The summed E-state index contributed by atoms with van der Waals surface area (Å²) >= 11 is 0. The molecule has 162 valence electrons. The smallest absolute Gasteiger partial charge is 0.385 e. The third-order valence-corrected chi connectivity index (χ3v) is 6.30. The first kappa shape index (κ1) is 22.0. The van der Waals surface area contributed by atoms with E-state index in [2.05, 4.69) is 15.0 Å². The minimum absolute atomic E-state index is 0.0795. The van der Waals surface area contributed by atoms with E-state index < -0.39 is 38.8 Å². The second kappa shape index (κ2) is 8.96. The SMILES string of the molecule is CC(COP(=O)(O)N1CCOCC1)C(F)C(O)C(O)n1cnc2c(N)ncnc21. The molecule has 5 atom stereocenters. The molecule has 29 heavy (non-hydrogen) atoms. The molecule has 5 unspecified atom stereocenters. The number of anilines is 1. The maximum absolute atomic E-state index is 14.7. The number of ether oxygens (including phenoxy) is 1. The van der Waals surface area contributed by atoms with Crippen LogP contribution in [-0.4, -0.2) is 84.5 Å². The Bertz CT molecular complexity index is 880. The molecule has 1 saturated heterocycles. The molecule has 0 bridgehead atoms. The number of aliphatic hydroxyl groups is 2. The van der Waals surface area contributed by atoms with Crippen LogP contribution in [0.4, 0.5) is 10.2 Å². The summed E-state index contributed by atoms with van der Waals surface area (Å²) in [6.45, 7) is 2.00. The van der Waals surface area contributed by atoms with E-state index >= 15 is 0 Å². The summed E-state index contributed by atoms with van der Waals surface area (Å²) in [7, 11) is -4.11. The number of nitrogens with zero attached hydrogens (tertiary/aromatic N) is 5. The minimum Gasteiger partial charge on any atom is -0.385 e. The fourth-order valence-electron chi connectivity index (χ4n) is 2.92. The van der Waals surface area contributed by atoms with Crippen molar-refractivity contribution >= 4 is 24.7 Å². The van der Waals surface area contributed by atoms with Crippen LogP contribution < -0.4 is 5.73 Å². The maximum Gasteiger partial charge on any atom is 0.405 e. The highest BCUT2D eigenvalue weighted by molar-refractivity contribution is 7.50. The number of alkyl halides is 1. The number of rotatable bonds is 8. The van der Waals surface area contributed by atoms with Crippen molar-refractivity contribution < 1.29 is 33.3 Å². The topological polar surface area (TPSA) is 169 Å². The zero-order valence-corrected chi connectivity index (χ0v) is 16.6. The Labute approximate surface area is 165 Å². The molecule has 1 aliphatic heterocycles. The molecule has 2 aromatic rings. The van der Waals surface area contributed by atoms with Crippen molar-refractivity contribution in [3.8, 4) is 0 Å². The number of imidazole rings is 1. The Hall–Kier alpha value is -1.73. The zero-order valence-electron chi connectivity index (χ0n) is 15.7. The summed E-state index contributed by atoms with van der Waals surface area (Å²) < 4.78 is 39.5. The molecule has 0 aromatic carbocycles. The predicted molar refractivity (Wildman–Crippen MR) is 99.2 cm³/mol. The highest BCUT2D eigenvalue weighted by Crippen LogP contribution is 2.47. The molecular weight excluding hydrogens is 410 g/mol. The van der Waals surface area contributed by atoms with Gasteiger partial charge in [0.25, 0.3) is 0 Å². The third kappa shape index (κ3) is 4.72. The van der Waals surface area contributed by atoms with E-state index in [1.807, 2.05) is 0 Å². The van der Waals surface area contributed by atoms with E-state index in [1.54, 1.807) is 0 Å². The van der Waals surface area contributed by atoms with E-state index in [0.717, 1.165) is 17.2 Å². The number of nitrogen functional groups attached to an aromatic ring is 1. The number of aromatic nitrogens is 4.